The molecule has 0 atom stereocenters. The van der Waals surface area contributed by atoms with Crippen LogP contribution in [0.15, 0.2) is 72.1 Å². The van der Waals surface area contributed by atoms with Crippen LogP contribution in [0.25, 0.3) is 22.5 Å². The van der Waals surface area contributed by atoms with Gasteiger partial charge in [0.05, 0.1) is 23.9 Å². The quantitative estimate of drug-likeness (QED) is 0.509. The van der Waals surface area contributed by atoms with Crippen molar-refractivity contribution in [3.8, 4) is 28.3 Å². The number of aryl methyl sites for hydroxylation is 1. The summed E-state index contributed by atoms with van der Waals surface area (Å²) in [5.41, 5.74) is 4.06. The highest BCUT2D eigenvalue weighted by atomic mass is 32.2. The van der Waals surface area contributed by atoms with Crippen LogP contribution in [0, 0.1) is 0 Å². The van der Waals surface area contributed by atoms with E-state index in [4.69, 9.17) is 0 Å². The van der Waals surface area contributed by atoms with Gasteiger partial charge in [0.2, 0.25) is 0 Å². The number of nitrogens with one attached hydrogen (secondary N) is 1. The number of rotatable bonds is 6. The maximum Gasteiger partial charge on any atom is 0.138 e. The summed E-state index contributed by atoms with van der Waals surface area (Å²) in [5, 5.41) is 21.0. The number of phenols is 1. The Morgan fingerprint density at radius 1 is 1.00 bits per heavy atom. The first-order valence-corrected chi connectivity index (χ1v) is 9.18. The number of aromatic nitrogens is 5. The number of imidazole rings is 1. The van der Waals surface area contributed by atoms with Crippen molar-refractivity contribution in [1.82, 2.24) is 25.0 Å². The molecule has 0 saturated heterocycles. The number of hydrogen-bond acceptors (Lipinski definition) is 5. The fourth-order valence-corrected chi connectivity index (χ4v) is 3.52. The Bertz CT molecular complexity index is 965. The molecule has 0 aliphatic rings. The van der Waals surface area contributed by atoms with Crippen LogP contribution in [-0.2, 0) is 6.54 Å². The third kappa shape index (κ3) is 3.48. The van der Waals surface area contributed by atoms with Gasteiger partial charge >= 0.3 is 0 Å². The third-order valence-corrected chi connectivity index (χ3v) is 4.88. The molecule has 0 amide bonds. The first kappa shape index (κ1) is 16.4. The summed E-state index contributed by atoms with van der Waals surface area (Å²) < 4.78 is 2.14. The van der Waals surface area contributed by atoms with Crippen LogP contribution in [0.4, 0.5) is 0 Å². The van der Waals surface area contributed by atoms with Gasteiger partial charge in [-0.2, -0.15) is 10.3 Å². The van der Waals surface area contributed by atoms with Gasteiger partial charge in [-0.25, -0.2) is 4.98 Å². The zero-order valence-corrected chi connectivity index (χ0v) is 14.7. The van der Waals surface area contributed by atoms with E-state index in [1.54, 1.807) is 30.1 Å². The molecule has 4 rings (SSSR count). The summed E-state index contributed by atoms with van der Waals surface area (Å²) in [6.45, 7) is 0.785. The van der Waals surface area contributed by atoms with E-state index in [-0.39, 0.29) is 5.75 Å². The number of aromatic hydroxyl groups is 1. The first-order chi connectivity index (χ1) is 12.8. The van der Waals surface area contributed by atoms with Crippen molar-refractivity contribution in [2.75, 3.05) is 5.75 Å². The molecular weight excluding hydrogens is 346 g/mol. The van der Waals surface area contributed by atoms with Crippen LogP contribution < -0.4 is 0 Å². The average Bonchev–Trinajstić information content (AvgIpc) is 3.33. The van der Waals surface area contributed by atoms with E-state index >= 15 is 0 Å². The molecule has 0 radical (unpaired) electrons. The molecule has 6 nitrogen and oxygen atoms in total. The predicted molar refractivity (Wildman–Crippen MR) is 102 cm³/mol. The molecular formula is C19H17N5OS. The monoisotopic (exact) mass is 363 g/mol. The van der Waals surface area contributed by atoms with Crippen LogP contribution in [-0.4, -0.2) is 35.8 Å². The van der Waals surface area contributed by atoms with Crippen LogP contribution in [0.1, 0.15) is 0 Å². The summed E-state index contributed by atoms with van der Waals surface area (Å²) >= 11 is 1.64. The summed E-state index contributed by atoms with van der Waals surface area (Å²) in [6, 6.07) is 17.4. The molecule has 2 aromatic heterocycles. The topological polar surface area (TPSA) is 79.6 Å². The van der Waals surface area contributed by atoms with Gasteiger partial charge in [-0.1, -0.05) is 30.3 Å². The Morgan fingerprint density at radius 3 is 2.54 bits per heavy atom. The van der Waals surface area contributed by atoms with Gasteiger partial charge in [0, 0.05) is 23.4 Å². The largest absolute Gasteiger partial charge is 0.508 e. The van der Waals surface area contributed by atoms with Crippen LogP contribution in [0.5, 0.6) is 5.75 Å². The number of phenolic OH excluding ortho intramolecular Hbond substituents is 1. The lowest BCUT2D eigenvalue weighted by Gasteiger charge is -2.10. The molecule has 2 heterocycles. The number of aromatic amines is 1. The SMILES string of the molecule is Oc1ccc(-c2c(-c3ccccc3)ncn2CCSc2cn[nH]n2)cc1. The molecule has 0 bridgehead atoms. The molecule has 0 spiro atoms. The summed E-state index contributed by atoms with van der Waals surface area (Å²) in [7, 11) is 0. The Hall–Kier alpha value is -3.06. The highest BCUT2D eigenvalue weighted by Gasteiger charge is 2.15. The minimum atomic E-state index is 0.252. The normalized spacial score (nSPS) is 10.9. The number of benzene rings is 2. The lowest BCUT2D eigenvalue weighted by molar-refractivity contribution is 0.475. The molecule has 0 fully saturated rings. The van der Waals surface area contributed by atoms with Crippen LogP contribution in [0.3, 0.4) is 0 Å². The fourth-order valence-electron chi connectivity index (χ4n) is 2.79. The van der Waals surface area contributed by atoms with Gasteiger partial charge in [0.1, 0.15) is 10.8 Å². The van der Waals surface area contributed by atoms with E-state index in [1.807, 2.05) is 36.7 Å². The van der Waals surface area contributed by atoms with Crippen molar-refractivity contribution in [2.45, 2.75) is 11.6 Å². The first-order valence-electron chi connectivity index (χ1n) is 8.20. The molecule has 2 N–H and O–H groups in total. The smallest absolute Gasteiger partial charge is 0.138 e. The lowest BCUT2D eigenvalue weighted by atomic mass is 10.0. The van der Waals surface area contributed by atoms with Gasteiger partial charge in [-0.15, -0.1) is 16.9 Å². The average molecular weight is 363 g/mol. The van der Waals surface area contributed by atoms with Crippen molar-refractivity contribution in [2.24, 2.45) is 0 Å². The molecule has 130 valence electrons. The number of nitrogens with zero attached hydrogens (tertiary/aromatic N) is 4. The molecule has 26 heavy (non-hydrogen) atoms. The molecule has 0 aliphatic carbocycles. The Kier molecular flexibility index (Phi) is 4.70. The fraction of sp³-hybridized carbons (Fsp3) is 0.105. The highest BCUT2D eigenvalue weighted by Crippen LogP contribution is 2.32. The van der Waals surface area contributed by atoms with E-state index in [1.165, 1.54) is 0 Å². The summed E-state index contributed by atoms with van der Waals surface area (Å²) in [6.07, 6.45) is 3.59. The second-order valence-electron chi connectivity index (χ2n) is 5.70. The maximum absolute atomic E-state index is 9.62. The predicted octanol–water partition coefficient (Wildman–Crippen LogP) is 3.83. The van der Waals surface area contributed by atoms with Crippen molar-refractivity contribution in [3.63, 3.8) is 0 Å². The number of H-pyrrole nitrogens is 1. The van der Waals surface area contributed by atoms with Crippen molar-refractivity contribution in [3.05, 3.63) is 67.1 Å². The number of thioether (sulfide) groups is 1. The second-order valence-corrected chi connectivity index (χ2v) is 6.82. The molecule has 0 unspecified atom stereocenters. The Labute approximate surface area is 154 Å². The van der Waals surface area contributed by atoms with Crippen molar-refractivity contribution < 1.29 is 5.11 Å². The third-order valence-electron chi connectivity index (χ3n) is 4.00. The van der Waals surface area contributed by atoms with E-state index in [9.17, 15) is 5.11 Å². The minimum Gasteiger partial charge on any atom is -0.508 e. The zero-order chi connectivity index (χ0) is 17.8. The standard InChI is InChI=1S/C19H17N5OS/c25-16-8-6-15(7-9-16)19-18(14-4-2-1-3-5-14)20-13-24(19)10-11-26-17-12-21-23-22-17/h1-9,12-13,25H,10-11H2,(H,21,22,23). The van der Waals surface area contributed by atoms with Crippen molar-refractivity contribution in [1.29, 1.82) is 0 Å². The van der Waals surface area contributed by atoms with E-state index < -0.39 is 0 Å². The molecule has 0 aliphatic heterocycles. The van der Waals surface area contributed by atoms with Gasteiger partial charge in [0.15, 0.2) is 0 Å². The van der Waals surface area contributed by atoms with Gasteiger partial charge in [0.25, 0.3) is 0 Å². The second kappa shape index (κ2) is 7.45. The van der Waals surface area contributed by atoms with Crippen LogP contribution in [0.2, 0.25) is 0 Å². The molecule has 7 heteroatoms. The summed E-state index contributed by atoms with van der Waals surface area (Å²) in [4.78, 5) is 4.66. The maximum atomic E-state index is 9.62. The summed E-state index contributed by atoms with van der Waals surface area (Å²) in [5.74, 6) is 1.10. The van der Waals surface area contributed by atoms with Gasteiger partial charge in [-0.05, 0) is 24.3 Å². The molecule has 2 aromatic carbocycles. The van der Waals surface area contributed by atoms with Crippen LogP contribution >= 0.6 is 11.8 Å². The number of hydrogen-bond donors (Lipinski definition) is 2. The van der Waals surface area contributed by atoms with E-state index in [2.05, 4.69) is 37.1 Å². The highest BCUT2D eigenvalue weighted by molar-refractivity contribution is 7.99. The minimum absolute atomic E-state index is 0.252. The zero-order valence-electron chi connectivity index (χ0n) is 13.9. The van der Waals surface area contributed by atoms with Gasteiger partial charge < -0.3 is 9.67 Å². The Morgan fingerprint density at radius 2 is 1.81 bits per heavy atom. The molecule has 0 saturated carbocycles. The lowest BCUT2D eigenvalue weighted by Crippen LogP contribution is -2.02. The van der Waals surface area contributed by atoms with Gasteiger partial charge in [-0.3, -0.25) is 0 Å². The van der Waals surface area contributed by atoms with E-state index in [0.29, 0.717) is 0 Å². The Balaban J connectivity index is 1.67. The van der Waals surface area contributed by atoms with E-state index in [0.717, 1.165) is 39.8 Å². The van der Waals surface area contributed by atoms with Crippen molar-refractivity contribution >= 4 is 11.8 Å². The molecule has 4 aromatic rings.